The number of amides is 2. The minimum Gasteiger partial charge on any atom is -0.493 e. The summed E-state index contributed by atoms with van der Waals surface area (Å²) in [4.78, 5) is 28.6. The van der Waals surface area contributed by atoms with Crippen molar-refractivity contribution in [3.63, 3.8) is 0 Å². The molecule has 3 rings (SSSR count). The van der Waals surface area contributed by atoms with Crippen molar-refractivity contribution in [1.82, 2.24) is 30.4 Å². The zero-order chi connectivity index (χ0) is 24.9. The molecule has 0 aliphatic rings. The quantitative estimate of drug-likeness (QED) is 0.505. The third-order valence-corrected chi connectivity index (χ3v) is 4.94. The standard InChI is InChI=1S/C23H30N6O5/c1-15(22(31)24-23(2,3)4)28(13-17-8-7-11-34-17)20(30)14-29-26-21(25-27-29)16-9-10-18(32-5)19(12-16)33-6/h7-12,15H,13-14H2,1-6H3,(H,24,31). The first-order chi connectivity index (χ1) is 16.1. The van der Waals surface area contributed by atoms with Crippen LogP contribution in [-0.2, 0) is 22.7 Å². The molecule has 2 amide bonds. The minimum absolute atomic E-state index is 0.127. The fourth-order valence-corrected chi connectivity index (χ4v) is 3.24. The van der Waals surface area contributed by atoms with Crippen LogP contribution in [0.2, 0.25) is 0 Å². The van der Waals surface area contributed by atoms with Gasteiger partial charge in [-0.3, -0.25) is 9.59 Å². The van der Waals surface area contributed by atoms with E-state index in [-0.39, 0.29) is 24.9 Å². The van der Waals surface area contributed by atoms with Crippen molar-refractivity contribution in [3.8, 4) is 22.9 Å². The maximum absolute atomic E-state index is 13.2. The molecule has 3 aromatic rings. The predicted octanol–water partition coefficient (Wildman–Crippen LogP) is 2.28. The number of nitrogens with one attached hydrogen (secondary N) is 1. The van der Waals surface area contributed by atoms with Crippen LogP contribution >= 0.6 is 0 Å². The summed E-state index contributed by atoms with van der Waals surface area (Å²) in [6.45, 7) is 7.24. The lowest BCUT2D eigenvalue weighted by Crippen LogP contribution is -2.52. The van der Waals surface area contributed by atoms with E-state index in [1.165, 1.54) is 23.1 Å². The van der Waals surface area contributed by atoms with Crippen LogP contribution in [0.4, 0.5) is 0 Å². The van der Waals surface area contributed by atoms with E-state index in [1.807, 2.05) is 20.8 Å². The summed E-state index contributed by atoms with van der Waals surface area (Å²) in [5.41, 5.74) is 0.216. The smallest absolute Gasteiger partial charge is 0.247 e. The molecule has 0 radical (unpaired) electrons. The van der Waals surface area contributed by atoms with E-state index >= 15 is 0 Å². The molecule has 182 valence electrons. The number of nitrogens with zero attached hydrogens (tertiary/aromatic N) is 5. The fraction of sp³-hybridized carbons (Fsp3) is 0.435. The molecule has 2 aromatic heterocycles. The van der Waals surface area contributed by atoms with E-state index in [4.69, 9.17) is 13.9 Å². The number of benzene rings is 1. The van der Waals surface area contributed by atoms with Crippen molar-refractivity contribution >= 4 is 11.8 Å². The monoisotopic (exact) mass is 470 g/mol. The molecule has 0 saturated heterocycles. The van der Waals surface area contributed by atoms with E-state index in [1.54, 1.807) is 44.4 Å². The third kappa shape index (κ3) is 6.12. The van der Waals surface area contributed by atoms with E-state index in [0.717, 1.165) is 0 Å². The van der Waals surface area contributed by atoms with Crippen LogP contribution < -0.4 is 14.8 Å². The number of carbonyl (C=O) groups is 2. The molecular weight excluding hydrogens is 440 g/mol. The lowest BCUT2D eigenvalue weighted by Gasteiger charge is -2.30. The van der Waals surface area contributed by atoms with Crippen LogP contribution in [0.3, 0.4) is 0 Å². The van der Waals surface area contributed by atoms with Gasteiger partial charge in [0, 0.05) is 11.1 Å². The number of ether oxygens (including phenoxy) is 2. The van der Waals surface area contributed by atoms with Gasteiger partial charge in [-0.25, -0.2) is 0 Å². The average Bonchev–Trinajstić information content (AvgIpc) is 3.47. The fourth-order valence-electron chi connectivity index (χ4n) is 3.24. The Morgan fingerprint density at radius 2 is 1.91 bits per heavy atom. The van der Waals surface area contributed by atoms with Gasteiger partial charge in [0.25, 0.3) is 0 Å². The molecule has 1 unspecified atom stereocenters. The van der Waals surface area contributed by atoms with Gasteiger partial charge in [0.15, 0.2) is 11.5 Å². The first kappa shape index (κ1) is 24.7. The Kier molecular flexibility index (Phi) is 7.54. The minimum atomic E-state index is -0.745. The summed E-state index contributed by atoms with van der Waals surface area (Å²) in [7, 11) is 3.09. The van der Waals surface area contributed by atoms with Gasteiger partial charge in [0.05, 0.1) is 27.0 Å². The maximum Gasteiger partial charge on any atom is 0.247 e. The van der Waals surface area contributed by atoms with Crippen molar-refractivity contribution in [3.05, 3.63) is 42.4 Å². The topological polar surface area (TPSA) is 125 Å². The highest BCUT2D eigenvalue weighted by Crippen LogP contribution is 2.30. The SMILES string of the molecule is COc1ccc(-c2nnn(CC(=O)N(Cc3ccco3)C(C)C(=O)NC(C)(C)C)n2)cc1OC. The van der Waals surface area contributed by atoms with E-state index < -0.39 is 11.6 Å². The molecule has 0 saturated carbocycles. The molecule has 11 nitrogen and oxygen atoms in total. The highest BCUT2D eigenvalue weighted by atomic mass is 16.5. The number of hydrogen-bond donors (Lipinski definition) is 1. The molecule has 0 aliphatic heterocycles. The van der Waals surface area contributed by atoms with Gasteiger partial charge in [0.1, 0.15) is 18.3 Å². The van der Waals surface area contributed by atoms with Crippen LogP contribution in [-0.4, -0.2) is 62.7 Å². The maximum atomic E-state index is 13.2. The van der Waals surface area contributed by atoms with Crippen LogP contribution in [0.1, 0.15) is 33.5 Å². The summed E-state index contributed by atoms with van der Waals surface area (Å²) in [6.07, 6.45) is 1.52. The zero-order valence-electron chi connectivity index (χ0n) is 20.2. The Bertz CT molecular complexity index is 1120. The van der Waals surface area contributed by atoms with Crippen LogP contribution in [0.25, 0.3) is 11.4 Å². The largest absolute Gasteiger partial charge is 0.493 e. The second-order valence-electron chi connectivity index (χ2n) is 8.73. The molecule has 0 spiro atoms. The second kappa shape index (κ2) is 10.4. The number of furan rings is 1. The summed E-state index contributed by atoms with van der Waals surface area (Å²) in [6, 6.07) is 7.96. The Labute approximate surface area is 198 Å². The van der Waals surface area contributed by atoms with Crippen molar-refractivity contribution in [1.29, 1.82) is 0 Å². The molecule has 0 aliphatic carbocycles. The number of tetrazole rings is 1. The van der Waals surface area contributed by atoms with Gasteiger partial charge in [-0.15, -0.1) is 10.2 Å². The van der Waals surface area contributed by atoms with Crippen LogP contribution in [0.5, 0.6) is 11.5 Å². The number of carbonyl (C=O) groups excluding carboxylic acids is 2. The first-order valence-corrected chi connectivity index (χ1v) is 10.8. The summed E-state index contributed by atoms with van der Waals surface area (Å²) in [5, 5.41) is 15.3. The van der Waals surface area contributed by atoms with E-state index in [2.05, 4.69) is 20.7 Å². The van der Waals surface area contributed by atoms with E-state index in [0.29, 0.717) is 28.6 Å². The van der Waals surface area contributed by atoms with Crippen LogP contribution in [0, 0.1) is 0 Å². The normalized spacial score (nSPS) is 12.2. The molecule has 1 N–H and O–H groups in total. The van der Waals surface area contributed by atoms with Gasteiger partial charge in [0.2, 0.25) is 17.6 Å². The molecular formula is C23H30N6O5. The molecule has 0 bridgehead atoms. The number of rotatable bonds is 9. The van der Waals surface area contributed by atoms with Crippen molar-refractivity contribution in [2.75, 3.05) is 14.2 Å². The van der Waals surface area contributed by atoms with Crippen molar-refractivity contribution < 1.29 is 23.5 Å². The predicted molar refractivity (Wildman–Crippen MR) is 123 cm³/mol. The highest BCUT2D eigenvalue weighted by Gasteiger charge is 2.29. The average molecular weight is 471 g/mol. The third-order valence-electron chi connectivity index (χ3n) is 4.94. The van der Waals surface area contributed by atoms with Crippen LogP contribution in [0.15, 0.2) is 41.0 Å². The molecule has 0 fully saturated rings. The number of aromatic nitrogens is 4. The van der Waals surface area contributed by atoms with Gasteiger partial charge in [-0.2, -0.15) is 4.80 Å². The molecule has 2 heterocycles. The molecule has 11 heteroatoms. The Morgan fingerprint density at radius 1 is 1.18 bits per heavy atom. The Hall–Kier alpha value is -3.89. The summed E-state index contributed by atoms with van der Waals surface area (Å²) < 4.78 is 16.0. The molecule has 1 atom stereocenters. The van der Waals surface area contributed by atoms with Gasteiger partial charge in [-0.05, 0) is 63.2 Å². The van der Waals surface area contributed by atoms with Crippen molar-refractivity contribution in [2.24, 2.45) is 0 Å². The Morgan fingerprint density at radius 3 is 2.53 bits per heavy atom. The summed E-state index contributed by atoms with van der Waals surface area (Å²) in [5.74, 6) is 1.35. The first-order valence-electron chi connectivity index (χ1n) is 10.8. The highest BCUT2D eigenvalue weighted by molar-refractivity contribution is 5.87. The van der Waals surface area contributed by atoms with Crippen molar-refractivity contribution in [2.45, 2.75) is 52.4 Å². The lowest BCUT2D eigenvalue weighted by molar-refractivity contribution is -0.142. The van der Waals surface area contributed by atoms with Gasteiger partial charge in [-0.1, -0.05) is 0 Å². The molecule has 34 heavy (non-hydrogen) atoms. The second-order valence-corrected chi connectivity index (χ2v) is 8.73. The Balaban J connectivity index is 1.79. The lowest BCUT2D eigenvalue weighted by atomic mass is 10.1. The number of methoxy groups -OCH3 is 2. The van der Waals surface area contributed by atoms with E-state index in [9.17, 15) is 9.59 Å². The zero-order valence-corrected chi connectivity index (χ0v) is 20.2. The van der Waals surface area contributed by atoms with Gasteiger partial charge < -0.3 is 24.1 Å². The van der Waals surface area contributed by atoms with Gasteiger partial charge >= 0.3 is 0 Å². The number of hydrogen-bond acceptors (Lipinski definition) is 8. The molecule has 1 aromatic carbocycles. The summed E-state index contributed by atoms with van der Waals surface area (Å²) >= 11 is 0.